The molecule has 68 valence electrons. The Kier molecular flexibility index (Phi) is 3.26. The highest BCUT2D eigenvalue weighted by Crippen LogP contribution is 2.25. The third-order valence-corrected chi connectivity index (χ3v) is 1.94. The Hall–Kier alpha value is -0.860. The van der Waals surface area contributed by atoms with Crippen LogP contribution in [0, 0.1) is 5.92 Å². The first kappa shape index (κ1) is 9.23. The van der Waals surface area contributed by atoms with Gasteiger partial charge in [-0.1, -0.05) is 6.08 Å². The first-order valence-corrected chi connectivity index (χ1v) is 4.25. The zero-order chi connectivity index (χ0) is 8.97. The van der Waals surface area contributed by atoms with E-state index in [0.29, 0.717) is 19.4 Å². The van der Waals surface area contributed by atoms with Crippen molar-refractivity contribution in [2.75, 3.05) is 6.61 Å². The molecule has 0 saturated carbocycles. The van der Waals surface area contributed by atoms with E-state index in [4.69, 9.17) is 4.74 Å². The minimum absolute atomic E-state index is 0.181. The fraction of sp³-hybridized carbons (Fsp3) is 0.667. The highest BCUT2D eigenvalue weighted by Gasteiger charge is 2.23. The van der Waals surface area contributed by atoms with Gasteiger partial charge in [-0.15, -0.1) is 0 Å². The number of hydrogen-bond donors (Lipinski definition) is 0. The number of ether oxygens (including phenoxy) is 1. The molecule has 1 atom stereocenters. The van der Waals surface area contributed by atoms with E-state index in [9.17, 15) is 9.18 Å². The van der Waals surface area contributed by atoms with E-state index in [2.05, 4.69) is 0 Å². The van der Waals surface area contributed by atoms with Crippen molar-refractivity contribution in [3.05, 3.63) is 11.9 Å². The van der Waals surface area contributed by atoms with Crippen molar-refractivity contribution in [3.63, 3.8) is 0 Å². The molecule has 12 heavy (non-hydrogen) atoms. The Bertz CT molecular complexity index is 199. The first-order chi connectivity index (χ1) is 5.74. The van der Waals surface area contributed by atoms with Crippen LogP contribution in [-0.2, 0) is 9.53 Å². The SMILES string of the molecule is CCOC(=O)C1CCC=C(F)C1. The lowest BCUT2D eigenvalue weighted by Gasteiger charge is -2.16. The Morgan fingerprint density at radius 2 is 2.58 bits per heavy atom. The summed E-state index contributed by atoms with van der Waals surface area (Å²) in [4.78, 5) is 11.1. The number of carbonyl (C=O) groups excluding carboxylic acids is 1. The van der Waals surface area contributed by atoms with Crippen LogP contribution in [0.25, 0.3) is 0 Å². The quantitative estimate of drug-likeness (QED) is 0.597. The fourth-order valence-corrected chi connectivity index (χ4v) is 1.32. The van der Waals surface area contributed by atoms with E-state index in [-0.39, 0.29) is 24.1 Å². The molecule has 0 bridgehead atoms. The van der Waals surface area contributed by atoms with Crippen LogP contribution in [0.4, 0.5) is 4.39 Å². The van der Waals surface area contributed by atoms with Gasteiger partial charge in [-0.05, 0) is 19.8 Å². The molecular weight excluding hydrogens is 159 g/mol. The lowest BCUT2D eigenvalue weighted by molar-refractivity contribution is -0.148. The predicted octanol–water partition coefficient (Wildman–Crippen LogP) is 2.20. The Balaban J connectivity index is 2.43. The highest BCUT2D eigenvalue weighted by molar-refractivity contribution is 5.72. The molecule has 0 radical (unpaired) electrons. The average Bonchev–Trinajstić information content (AvgIpc) is 2.05. The predicted molar refractivity (Wildman–Crippen MR) is 43.2 cm³/mol. The number of rotatable bonds is 2. The number of carbonyl (C=O) groups is 1. The molecule has 0 amide bonds. The summed E-state index contributed by atoms with van der Waals surface area (Å²) in [6, 6.07) is 0. The third-order valence-electron chi connectivity index (χ3n) is 1.94. The molecule has 0 heterocycles. The van der Waals surface area contributed by atoms with Crippen molar-refractivity contribution in [2.24, 2.45) is 5.92 Å². The molecule has 0 spiro atoms. The summed E-state index contributed by atoms with van der Waals surface area (Å²) in [6.07, 6.45) is 3.12. The van der Waals surface area contributed by atoms with Gasteiger partial charge >= 0.3 is 5.97 Å². The summed E-state index contributed by atoms with van der Waals surface area (Å²) in [5, 5.41) is 0. The fourth-order valence-electron chi connectivity index (χ4n) is 1.32. The van der Waals surface area contributed by atoms with Gasteiger partial charge in [0.1, 0.15) is 0 Å². The maximum Gasteiger partial charge on any atom is 0.309 e. The molecule has 0 fully saturated rings. The second-order valence-corrected chi connectivity index (χ2v) is 2.88. The Morgan fingerprint density at radius 1 is 1.83 bits per heavy atom. The van der Waals surface area contributed by atoms with E-state index >= 15 is 0 Å². The third kappa shape index (κ3) is 2.32. The van der Waals surface area contributed by atoms with E-state index < -0.39 is 0 Å². The zero-order valence-electron chi connectivity index (χ0n) is 7.18. The van der Waals surface area contributed by atoms with E-state index in [1.165, 1.54) is 6.08 Å². The van der Waals surface area contributed by atoms with Gasteiger partial charge in [0, 0.05) is 6.42 Å². The number of halogens is 1. The number of esters is 1. The summed E-state index contributed by atoms with van der Waals surface area (Å²) >= 11 is 0. The Morgan fingerprint density at radius 3 is 3.17 bits per heavy atom. The lowest BCUT2D eigenvalue weighted by atomic mass is 9.94. The van der Waals surface area contributed by atoms with Crippen LogP contribution in [0.1, 0.15) is 26.2 Å². The van der Waals surface area contributed by atoms with Crippen molar-refractivity contribution in [3.8, 4) is 0 Å². The van der Waals surface area contributed by atoms with Crippen LogP contribution in [0.5, 0.6) is 0 Å². The molecule has 3 heteroatoms. The molecule has 0 aromatic rings. The summed E-state index contributed by atoms with van der Waals surface area (Å²) in [6.45, 7) is 2.13. The monoisotopic (exact) mass is 172 g/mol. The second-order valence-electron chi connectivity index (χ2n) is 2.88. The van der Waals surface area contributed by atoms with Gasteiger partial charge in [0.25, 0.3) is 0 Å². The van der Waals surface area contributed by atoms with Crippen molar-refractivity contribution >= 4 is 5.97 Å². The molecule has 1 unspecified atom stereocenters. The maximum absolute atomic E-state index is 12.7. The van der Waals surface area contributed by atoms with Crippen molar-refractivity contribution in [1.82, 2.24) is 0 Å². The van der Waals surface area contributed by atoms with Crippen LogP contribution in [-0.4, -0.2) is 12.6 Å². The van der Waals surface area contributed by atoms with Gasteiger partial charge < -0.3 is 4.74 Å². The van der Waals surface area contributed by atoms with Gasteiger partial charge in [-0.2, -0.15) is 0 Å². The minimum Gasteiger partial charge on any atom is -0.466 e. The number of allylic oxidation sites excluding steroid dienone is 2. The second kappa shape index (κ2) is 4.24. The summed E-state index contributed by atoms with van der Waals surface area (Å²) in [5.74, 6) is -0.699. The van der Waals surface area contributed by atoms with Gasteiger partial charge in [0.2, 0.25) is 0 Å². The average molecular weight is 172 g/mol. The molecule has 0 saturated heterocycles. The van der Waals surface area contributed by atoms with Crippen LogP contribution in [0.15, 0.2) is 11.9 Å². The molecular formula is C9H13FO2. The van der Waals surface area contributed by atoms with Crippen molar-refractivity contribution in [2.45, 2.75) is 26.2 Å². The molecule has 1 rings (SSSR count). The number of hydrogen-bond acceptors (Lipinski definition) is 2. The van der Waals surface area contributed by atoms with Crippen LogP contribution < -0.4 is 0 Å². The summed E-state index contributed by atoms with van der Waals surface area (Å²) in [7, 11) is 0. The molecule has 0 N–H and O–H groups in total. The van der Waals surface area contributed by atoms with Crippen molar-refractivity contribution in [1.29, 1.82) is 0 Å². The smallest absolute Gasteiger partial charge is 0.309 e. The highest BCUT2D eigenvalue weighted by atomic mass is 19.1. The van der Waals surface area contributed by atoms with Gasteiger partial charge in [-0.3, -0.25) is 4.79 Å². The topological polar surface area (TPSA) is 26.3 Å². The largest absolute Gasteiger partial charge is 0.466 e. The van der Waals surface area contributed by atoms with E-state index in [0.717, 1.165) is 0 Å². The van der Waals surface area contributed by atoms with E-state index in [1.807, 2.05) is 0 Å². The first-order valence-electron chi connectivity index (χ1n) is 4.25. The van der Waals surface area contributed by atoms with Gasteiger partial charge in [-0.25, -0.2) is 4.39 Å². The molecule has 1 aliphatic rings. The van der Waals surface area contributed by atoms with Crippen LogP contribution in [0.2, 0.25) is 0 Å². The standard InChI is InChI=1S/C9H13FO2/c1-2-12-9(11)7-4-3-5-8(10)6-7/h5,7H,2-4,6H2,1H3. The maximum atomic E-state index is 12.7. The summed E-state index contributed by atoms with van der Waals surface area (Å²) in [5.41, 5.74) is 0. The van der Waals surface area contributed by atoms with Crippen molar-refractivity contribution < 1.29 is 13.9 Å². The minimum atomic E-state index is -0.263. The zero-order valence-corrected chi connectivity index (χ0v) is 7.18. The van der Waals surface area contributed by atoms with Crippen LogP contribution in [0.3, 0.4) is 0 Å². The van der Waals surface area contributed by atoms with Crippen LogP contribution >= 0.6 is 0 Å². The molecule has 0 aromatic carbocycles. The molecule has 0 aromatic heterocycles. The normalized spacial score (nSPS) is 23.2. The van der Waals surface area contributed by atoms with Gasteiger partial charge in [0.15, 0.2) is 0 Å². The van der Waals surface area contributed by atoms with E-state index in [1.54, 1.807) is 6.92 Å². The molecule has 2 nitrogen and oxygen atoms in total. The molecule has 0 aliphatic heterocycles. The summed E-state index contributed by atoms with van der Waals surface area (Å²) < 4.78 is 17.5. The molecule has 1 aliphatic carbocycles. The van der Waals surface area contributed by atoms with Gasteiger partial charge in [0.05, 0.1) is 18.4 Å². The lowest BCUT2D eigenvalue weighted by Crippen LogP contribution is -2.19. The Labute approximate surface area is 71.4 Å².